The van der Waals surface area contributed by atoms with Gasteiger partial charge in [-0.05, 0) is 29.7 Å². The van der Waals surface area contributed by atoms with E-state index in [-0.39, 0.29) is 6.61 Å². The van der Waals surface area contributed by atoms with Gasteiger partial charge in [-0.2, -0.15) is 0 Å². The molecule has 0 aromatic heterocycles. The van der Waals surface area contributed by atoms with Crippen molar-refractivity contribution in [2.75, 3.05) is 5.32 Å². The lowest BCUT2D eigenvalue weighted by molar-refractivity contribution is -0.138. The average Bonchev–Trinajstić information content (AvgIpc) is 2.56. The van der Waals surface area contributed by atoms with Crippen molar-refractivity contribution in [3.63, 3.8) is 0 Å². The highest BCUT2D eigenvalue weighted by atomic mass is 16.4. The number of carboxylic acids is 1. The van der Waals surface area contributed by atoms with Gasteiger partial charge in [0, 0.05) is 11.3 Å². The van der Waals surface area contributed by atoms with Gasteiger partial charge in [-0.3, -0.25) is 4.79 Å². The van der Waals surface area contributed by atoms with Crippen LogP contribution in [0.3, 0.4) is 0 Å². The Morgan fingerprint density at radius 2 is 1.78 bits per heavy atom. The Hall–Kier alpha value is -2.37. The molecule has 0 aliphatic heterocycles. The molecule has 0 radical (unpaired) electrons. The Balaban J connectivity index is 2.13. The summed E-state index contributed by atoms with van der Waals surface area (Å²) in [5, 5.41) is 31.7. The van der Waals surface area contributed by atoms with E-state index >= 15 is 0 Å². The third-order valence-corrected chi connectivity index (χ3v) is 3.84. The molecule has 0 aliphatic rings. The van der Waals surface area contributed by atoms with Crippen LogP contribution in [0.5, 0.6) is 0 Å². The number of nitrogens with one attached hydrogen (secondary N) is 1. The van der Waals surface area contributed by atoms with E-state index in [9.17, 15) is 15.0 Å². The summed E-state index contributed by atoms with van der Waals surface area (Å²) in [5.41, 5.74) is 2.67. The predicted octanol–water partition coefficient (Wildman–Crippen LogP) is 2.86. The average molecular weight is 315 g/mol. The molecule has 0 spiro atoms. The Bertz CT molecular complexity index is 654. The number of aliphatic hydroxyl groups excluding tert-OH is 2. The van der Waals surface area contributed by atoms with Gasteiger partial charge in [0.25, 0.3) is 0 Å². The summed E-state index contributed by atoms with van der Waals surface area (Å²) in [4.78, 5) is 11.2. The number of benzene rings is 2. The fourth-order valence-electron chi connectivity index (χ4n) is 2.55. The Morgan fingerprint density at radius 1 is 1.13 bits per heavy atom. The summed E-state index contributed by atoms with van der Waals surface area (Å²) >= 11 is 0. The van der Waals surface area contributed by atoms with E-state index in [1.807, 2.05) is 6.92 Å². The van der Waals surface area contributed by atoms with Crippen molar-refractivity contribution >= 4 is 11.7 Å². The molecule has 0 fully saturated rings. The van der Waals surface area contributed by atoms with E-state index in [1.54, 1.807) is 48.5 Å². The summed E-state index contributed by atoms with van der Waals surface area (Å²) in [7, 11) is 0. The third-order valence-electron chi connectivity index (χ3n) is 3.84. The molecule has 2 atom stereocenters. The number of rotatable bonds is 7. The van der Waals surface area contributed by atoms with Crippen molar-refractivity contribution in [2.45, 2.75) is 32.1 Å². The Kier molecular flexibility index (Phi) is 5.73. The summed E-state index contributed by atoms with van der Waals surface area (Å²) in [6.45, 7) is 1.69. The van der Waals surface area contributed by atoms with Crippen LogP contribution in [0.25, 0.3) is 0 Å². The van der Waals surface area contributed by atoms with E-state index in [0.29, 0.717) is 23.2 Å². The van der Waals surface area contributed by atoms with Crippen LogP contribution in [0.4, 0.5) is 5.69 Å². The van der Waals surface area contributed by atoms with Crippen LogP contribution in [0, 0.1) is 0 Å². The summed E-state index contributed by atoms with van der Waals surface area (Å²) in [6.07, 6.45) is -0.431. The second-order valence-electron chi connectivity index (χ2n) is 5.32. The van der Waals surface area contributed by atoms with Gasteiger partial charge in [-0.1, -0.05) is 43.3 Å². The van der Waals surface area contributed by atoms with Gasteiger partial charge < -0.3 is 20.6 Å². The van der Waals surface area contributed by atoms with Crippen molar-refractivity contribution in [1.82, 2.24) is 0 Å². The molecule has 122 valence electrons. The highest BCUT2D eigenvalue weighted by molar-refractivity contribution is 5.76. The van der Waals surface area contributed by atoms with E-state index in [0.717, 1.165) is 5.56 Å². The van der Waals surface area contributed by atoms with Gasteiger partial charge in [0.15, 0.2) is 6.23 Å². The summed E-state index contributed by atoms with van der Waals surface area (Å²) in [5.74, 6) is -1.37. The molecule has 0 aliphatic carbocycles. The maximum absolute atomic E-state index is 11.2. The molecule has 2 unspecified atom stereocenters. The Morgan fingerprint density at radius 3 is 2.35 bits per heavy atom. The fraction of sp³-hybridized carbons (Fsp3) is 0.278. The van der Waals surface area contributed by atoms with Gasteiger partial charge in [-0.15, -0.1) is 0 Å². The summed E-state index contributed by atoms with van der Waals surface area (Å²) < 4.78 is 0. The van der Waals surface area contributed by atoms with E-state index in [2.05, 4.69) is 5.32 Å². The number of carbonyl (C=O) groups is 1. The molecular formula is C18H21NO4. The van der Waals surface area contributed by atoms with Gasteiger partial charge in [0.05, 0.1) is 12.5 Å². The molecule has 4 N–H and O–H groups in total. The van der Waals surface area contributed by atoms with Crippen LogP contribution in [-0.2, 0) is 11.4 Å². The van der Waals surface area contributed by atoms with E-state index in [1.165, 1.54) is 0 Å². The van der Waals surface area contributed by atoms with Crippen molar-refractivity contribution in [3.8, 4) is 0 Å². The molecule has 0 bridgehead atoms. The van der Waals surface area contributed by atoms with Gasteiger partial charge in [0.1, 0.15) is 0 Å². The Labute approximate surface area is 135 Å². The lowest BCUT2D eigenvalue weighted by Crippen LogP contribution is -2.13. The second kappa shape index (κ2) is 7.76. The quantitative estimate of drug-likeness (QED) is 0.590. The first-order chi connectivity index (χ1) is 11.1. The summed E-state index contributed by atoms with van der Waals surface area (Å²) in [6, 6.07) is 14.1. The molecule has 23 heavy (non-hydrogen) atoms. The normalized spacial score (nSPS) is 13.3. The molecule has 0 saturated carbocycles. The lowest BCUT2D eigenvalue weighted by atomic mass is 9.96. The van der Waals surface area contributed by atoms with E-state index < -0.39 is 18.1 Å². The molecule has 5 nitrogen and oxygen atoms in total. The van der Waals surface area contributed by atoms with Gasteiger partial charge >= 0.3 is 5.97 Å². The molecule has 5 heteroatoms. The maximum atomic E-state index is 11.2. The van der Waals surface area contributed by atoms with Crippen LogP contribution in [-0.4, -0.2) is 21.3 Å². The minimum absolute atomic E-state index is 0.148. The zero-order valence-corrected chi connectivity index (χ0v) is 12.9. The minimum Gasteiger partial charge on any atom is -0.481 e. The largest absolute Gasteiger partial charge is 0.481 e. The molecule has 0 amide bonds. The van der Waals surface area contributed by atoms with Crippen molar-refractivity contribution in [1.29, 1.82) is 0 Å². The highest BCUT2D eigenvalue weighted by Crippen LogP contribution is 2.24. The third kappa shape index (κ3) is 4.09. The molecule has 2 aromatic carbocycles. The zero-order valence-electron chi connectivity index (χ0n) is 12.9. The number of hydrogen-bond acceptors (Lipinski definition) is 4. The number of hydrogen-bond donors (Lipinski definition) is 4. The minimum atomic E-state index is -0.953. The van der Waals surface area contributed by atoms with Crippen LogP contribution < -0.4 is 5.32 Å². The standard InChI is InChI=1S/C18H21NO4/c1-2-15(18(22)23)12-7-9-14(10-8-12)19-17(21)16-6-4-3-5-13(16)11-20/h3-10,15,17,19-21H,2,11H2,1H3,(H,22,23). The smallest absolute Gasteiger partial charge is 0.310 e. The number of anilines is 1. The molecule has 2 aromatic rings. The van der Waals surface area contributed by atoms with Crippen LogP contribution >= 0.6 is 0 Å². The first-order valence-corrected chi connectivity index (χ1v) is 7.52. The first-order valence-electron chi connectivity index (χ1n) is 7.52. The number of aliphatic carboxylic acids is 1. The topological polar surface area (TPSA) is 89.8 Å². The molecule has 2 rings (SSSR count). The SMILES string of the molecule is CCC(C(=O)O)c1ccc(NC(O)c2ccccc2CO)cc1. The van der Waals surface area contributed by atoms with Crippen molar-refractivity contribution < 1.29 is 20.1 Å². The number of carboxylic acid groups (broad SMARTS) is 1. The fourth-order valence-corrected chi connectivity index (χ4v) is 2.55. The van der Waals surface area contributed by atoms with Crippen molar-refractivity contribution in [3.05, 3.63) is 65.2 Å². The number of aliphatic hydroxyl groups is 2. The zero-order chi connectivity index (χ0) is 16.8. The van der Waals surface area contributed by atoms with Gasteiger partial charge in [0.2, 0.25) is 0 Å². The van der Waals surface area contributed by atoms with Crippen LogP contribution in [0.2, 0.25) is 0 Å². The highest BCUT2D eigenvalue weighted by Gasteiger charge is 2.17. The second-order valence-corrected chi connectivity index (χ2v) is 5.32. The lowest BCUT2D eigenvalue weighted by Gasteiger charge is -2.18. The predicted molar refractivity (Wildman–Crippen MR) is 88.1 cm³/mol. The first kappa shape index (κ1) is 17.0. The van der Waals surface area contributed by atoms with Gasteiger partial charge in [-0.25, -0.2) is 0 Å². The molecule has 0 heterocycles. The maximum Gasteiger partial charge on any atom is 0.310 e. The van der Waals surface area contributed by atoms with Crippen LogP contribution in [0.15, 0.2) is 48.5 Å². The monoisotopic (exact) mass is 315 g/mol. The van der Waals surface area contributed by atoms with Crippen molar-refractivity contribution in [2.24, 2.45) is 0 Å². The van der Waals surface area contributed by atoms with E-state index in [4.69, 9.17) is 5.11 Å². The molecular weight excluding hydrogens is 294 g/mol. The molecule has 0 saturated heterocycles. The van der Waals surface area contributed by atoms with Crippen LogP contribution in [0.1, 0.15) is 42.2 Å².